The van der Waals surface area contributed by atoms with Crippen molar-refractivity contribution in [3.63, 3.8) is 0 Å². The maximum absolute atomic E-state index is 13.3. The molecule has 5 aromatic carbocycles. The van der Waals surface area contributed by atoms with E-state index in [1.807, 2.05) is 140 Å². The predicted octanol–water partition coefficient (Wildman–Crippen LogP) is 8.85. The van der Waals surface area contributed by atoms with E-state index in [2.05, 4.69) is 4.98 Å². The SMILES string of the molecule is COc1ccc(C(OC[C@H]2O[C@@H](n3cc(C)c(=O)[nH]c3=O)C[C@@H]2O[P+]2(O)O[C@@H](c3ccccc3)C[C@H](c3ccccc3)S2)(c2ccccc2)c2ccc(OC)cc2)cc1. The number of hydrogen-bond donors (Lipinski definition) is 2. The van der Waals surface area contributed by atoms with Crippen LogP contribution in [0.1, 0.15) is 63.8 Å². The fraction of sp³-hybridized carbons (Fsp3) is 0.261. The van der Waals surface area contributed by atoms with Crippen LogP contribution in [0.4, 0.5) is 0 Å². The van der Waals surface area contributed by atoms with Gasteiger partial charge in [0.25, 0.3) is 5.56 Å². The first-order valence-electron chi connectivity index (χ1n) is 19.4. The van der Waals surface area contributed by atoms with E-state index >= 15 is 0 Å². The van der Waals surface area contributed by atoms with Crippen molar-refractivity contribution >= 4 is 18.5 Å². The highest BCUT2D eigenvalue weighted by molar-refractivity contribution is 8.57. The molecule has 304 valence electrons. The molecule has 59 heavy (non-hydrogen) atoms. The number of ether oxygens (including phenoxy) is 4. The van der Waals surface area contributed by atoms with E-state index in [-0.39, 0.29) is 18.3 Å². The summed E-state index contributed by atoms with van der Waals surface area (Å²) in [6, 6.07) is 45.2. The summed E-state index contributed by atoms with van der Waals surface area (Å²) >= 11 is 1.29. The van der Waals surface area contributed by atoms with Crippen LogP contribution in [0.25, 0.3) is 0 Å². The van der Waals surface area contributed by atoms with Gasteiger partial charge in [-0.15, -0.1) is 0 Å². The van der Waals surface area contributed by atoms with Gasteiger partial charge >= 0.3 is 12.8 Å². The lowest BCUT2D eigenvalue weighted by Gasteiger charge is -2.37. The van der Waals surface area contributed by atoms with E-state index in [4.69, 9.17) is 28.0 Å². The Labute approximate surface area is 347 Å². The Morgan fingerprint density at radius 3 is 1.88 bits per heavy atom. The minimum absolute atomic E-state index is 0.0416. The molecule has 11 nitrogen and oxygen atoms in total. The summed E-state index contributed by atoms with van der Waals surface area (Å²) in [5.41, 5.74) is 2.54. The molecule has 8 rings (SSSR count). The van der Waals surface area contributed by atoms with Crippen molar-refractivity contribution in [2.24, 2.45) is 0 Å². The molecular weight excluding hydrogens is 788 g/mol. The lowest BCUT2D eigenvalue weighted by atomic mass is 9.80. The normalized spacial score (nSPS) is 23.2. The molecule has 13 heteroatoms. The van der Waals surface area contributed by atoms with Crippen LogP contribution in [0.2, 0.25) is 0 Å². The molecule has 2 N–H and O–H groups in total. The minimum atomic E-state index is -3.69. The summed E-state index contributed by atoms with van der Waals surface area (Å²) in [7, 11) is -0.444. The Kier molecular flexibility index (Phi) is 12.2. The van der Waals surface area contributed by atoms with E-state index in [1.165, 1.54) is 22.1 Å². The van der Waals surface area contributed by atoms with Gasteiger partial charge in [-0.2, -0.15) is 13.9 Å². The Balaban J connectivity index is 1.19. The number of aromatic amines is 1. The zero-order valence-corrected chi connectivity index (χ0v) is 34.6. The number of aryl methyl sites for hydroxylation is 1. The number of rotatable bonds is 13. The largest absolute Gasteiger partial charge is 0.497 e. The van der Waals surface area contributed by atoms with Crippen molar-refractivity contribution in [2.75, 3.05) is 20.8 Å². The van der Waals surface area contributed by atoms with Gasteiger partial charge in [0.15, 0.2) is 0 Å². The lowest BCUT2D eigenvalue weighted by molar-refractivity contribution is -0.0934. The van der Waals surface area contributed by atoms with Crippen LogP contribution in [0, 0.1) is 6.92 Å². The highest BCUT2D eigenvalue weighted by Crippen LogP contribution is 2.79. The van der Waals surface area contributed by atoms with Gasteiger partial charge < -0.3 is 18.9 Å². The smallest absolute Gasteiger partial charge is 0.480 e. The van der Waals surface area contributed by atoms with Crippen LogP contribution < -0.4 is 20.7 Å². The quantitative estimate of drug-likeness (QED) is 0.0860. The van der Waals surface area contributed by atoms with Gasteiger partial charge in [0.05, 0.1) is 26.1 Å². The molecule has 6 atom stereocenters. The molecule has 0 spiro atoms. The Bertz CT molecular complexity index is 2340. The van der Waals surface area contributed by atoms with Gasteiger partial charge in [-0.05, 0) is 59.0 Å². The van der Waals surface area contributed by atoms with Crippen LogP contribution in [-0.4, -0.2) is 47.5 Å². The zero-order valence-electron chi connectivity index (χ0n) is 32.9. The minimum Gasteiger partial charge on any atom is -0.497 e. The lowest BCUT2D eigenvalue weighted by Crippen LogP contribution is -2.38. The zero-order chi connectivity index (χ0) is 41.0. The van der Waals surface area contributed by atoms with Crippen molar-refractivity contribution in [3.05, 3.63) is 200 Å². The monoisotopic (exact) mass is 833 g/mol. The molecule has 2 aliphatic heterocycles. The third-order valence-corrected chi connectivity index (χ3v) is 15.0. The molecule has 0 amide bonds. The summed E-state index contributed by atoms with van der Waals surface area (Å²) in [5.74, 6) is 1.37. The Morgan fingerprint density at radius 1 is 0.763 bits per heavy atom. The van der Waals surface area contributed by atoms with Crippen LogP contribution in [-0.2, 0) is 24.1 Å². The first-order chi connectivity index (χ1) is 28.7. The first kappa shape index (κ1) is 40.7. The van der Waals surface area contributed by atoms with Gasteiger partial charge in [-0.1, -0.05) is 115 Å². The van der Waals surface area contributed by atoms with E-state index < -0.39 is 48.5 Å². The molecule has 6 aromatic rings. The highest BCUT2D eigenvalue weighted by Gasteiger charge is 2.58. The average Bonchev–Trinajstić information content (AvgIpc) is 3.67. The summed E-state index contributed by atoms with van der Waals surface area (Å²) in [4.78, 5) is 40.7. The van der Waals surface area contributed by atoms with Crippen molar-refractivity contribution in [1.29, 1.82) is 0 Å². The molecular formula is C46H46N2O9PS+. The second-order valence-corrected chi connectivity index (χ2v) is 18.7. The van der Waals surface area contributed by atoms with Crippen LogP contribution in [0.3, 0.4) is 0 Å². The van der Waals surface area contributed by atoms with Gasteiger partial charge in [-0.3, -0.25) is 14.3 Å². The van der Waals surface area contributed by atoms with Crippen LogP contribution >= 0.6 is 18.5 Å². The molecule has 0 radical (unpaired) electrons. The molecule has 2 aliphatic rings. The second-order valence-electron chi connectivity index (χ2n) is 14.5. The van der Waals surface area contributed by atoms with Crippen LogP contribution in [0.5, 0.6) is 11.5 Å². The standard InChI is InChI=1S/C46H45N2O9PS/c1-31-29-48(45(50)47-44(31)49)43-28-40(57-58(51)56-39(32-13-7-4-8-14-32)27-42(59-58)33-15-9-5-10-16-33)41(55-43)30-54-46(34-17-11-6-12-18-34,35-19-23-37(52-2)24-20-35)36-21-25-38(53-3)26-22-36/h4-26,29,39-43,51H,27-28,30H2,1-3H3/p+1/t39-,40+,41-,42-,43-,58?/m1/s1. The molecule has 1 aromatic heterocycles. The van der Waals surface area contributed by atoms with Gasteiger partial charge in [0, 0.05) is 24.6 Å². The number of nitrogens with zero attached hydrogens (tertiary/aromatic N) is 1. The number of H-pyrrole nitrogens is 1. The Hall–Kier alpha value is -5.04. The molecule has 3 heterocycles. The van der Waals surface area contributed by atoms with Crippen LogP contribution in [0.15, 0.2) is 155 Å². The third-order valence-electron chi connectivity index (χ3n) is 10.8. The maximum Gasteiger partial charge on any atom is 0.480 e. The topological polar surface area (TPSA) is 130 Å². The summed E-state index contributed by atoms with van der Waals surface area (Å²) in [5, 5.41) is -0.137. The van der Waals surface area contributed by atoms with Crippen molar-refractivity contribution in [1.82, 2.24) is 9.55 Å². The fourth-order valence-electron chi connectivity index (χ4n) is 7.79. The first-order valence-corrected chi connectivity index (χ1v) is 22.5. The average molecular weight is 834 g/mol. The number of hydrogen-bond acceptors (Lipinski definition) is 10. The van der Waals surface area contributed by atoms with E-state index in [0.717, 1.165) is 27.8 Å². The van der Waals surface area contributed by atoms with E-state index in [0.29, 0.717) is 23.5 Å². The van der Waals surface area contributed by atoms with Crippen molar-refractivity contribution in [3.8, 4) is 11.5 Å². The summed E-state index contributed by atoms with van der Waals surface area (Å²) in [6.07, 6.45) is -0.677. The second kappa shape index (κ2) is 17.7. The summed E-state index contributed by atoms with van der Waals surface area (Å²) in [6.45, 7) is 1.59. The molecule has 2 fully saturated rings. The van der Waals surface area contributed by atoms with E-state index in [9.17, 15) is 14.5 Å². The number of benzene rings is 5. The third kappa shape index (κ3) is 8.67. The van der Waals surface area contributed by atoms with Gasteiger partial charge in [0.1, 0.15) is 53.0 Å². The molecule has 1 unspecified atom stereocenters. The molecule has 2 saturated heterocycles. The fourth-order valence-corrected chi connectivity index (χ4v) is 12.4. The Morgan fingerprint density at radius 2 is 1.31 bits per heavy atom. The van der Waals surface area contributed by atoms with Crippen molar-refractivity contribution < 1.29 is 32.9 Å². The maximum atomic E-state index is 13.3. The van der Waals surface area contributed by atoms with Gasteiger partial charge in [-0.25, -0.2) is 4.79 Å². The molecule has 0 saturated carbocycles. The van der Waals surface area contributed by atoms with Crippen molar-refractivity contribution in [2.45, 2.75) is 55.2 Å². The number of aromatic nitrogens is 2. The molecule has 0 bridgehead atoms. The number of methoxy groups -OCH3 is 2. The summed E-state index contributed by atoms with van der Waals surface area (Å²) < 4.78 is 39.8. The van der Waals surface area contributed by atoms with Gasteiger partial charge in [0.2, 0.25) is 0 Å². The number of nitrogens with one attached hydrogen (secondary N) is 1. The highest BCUT2D eigenvalue weighted by atomic mass is 32.7. The molecule has 0 aliphatic carbocycles. The predicted molar refractivity (Wildman–Crippen MR) is 229 cm³/mol. The van der Waals surface area contributed by atoms with E-state index in [1.54, 1.807) is 21.1 Å².